The molecule has 0 radical (unpaired) electrons. The van der Waals surface area contributed by atoms with Crippen LogP contribution in [0.25, 0.3) is 0 Å². The summed E-state index contributed by atoms with van der Waals surface area (Å²) >= 11 is 0. The summed E-state index contributed by atoms with van der Waals surface area (Å²) in [7, 11) is 4.86. The van der Waals surface area contributed by atoms with Gasteiger partial charge < -0.3 is 14.3 Å². The molecule has 1 saturated heterocycles. The van der Waals surface area contributed by atoms with Gasteiger partial charge in [0, 0.05) is 13.1 Å². The smallest absolute Gasteiger partial charge is 0.368 e. The molecule has 0 aromatic heterocycles. The highest BCUT2D eigenvalue weighted by atomic mass is 16.7. The van der Waals surface area contributed by atoms with Gasteiger partial charge in [-0.25, -0.2) is 9.59 Å². The highest BCUT2D eigenvalue weighted by molar-refractivity contribution is 6.62. The minimum absolute atomic E-state index is 0.137. The summed E-state index contributed by atoms with van der Waals surface area (Å²) in [4.78, 5) is 32.7. The van der Waals surface area contributed by atoms with Crippen molar-refractivity contribution in [3.63, 3.8) is 0 Å². The van der Waals surface area contributed by atoms with E-state index in [-0.39, 0.29) is 6.61 Å². The van der Waals surface area contributed by atoms with E-state index in [9.17, 15) is 9.59 Å². The molecule has 0 saturated carbocycles. The van der Waals surface area contributed by atoms with Crippen LogP contribution in [0.2, 0.25) is 0 Å². The molecule has 1 heterocycles. The summed E-state index contributed by atoms with van der Waals surface area (Å²) < 4.78 is 9.33. The van der Waals surface area contributed by atoms with Crippen molar-refractivity contribution >= 4 is 17.7 Å². The van der Waals surface area contributed by atoms with Gasteiger partial charge in [-0.1, -0.05) is 11.6 Å². The lowest BCUT2D eigenvalue weighted by Crippen LogP contribution is -2.48. The molecule has 0 bridgehead atoms. The first kappa shape index (κ1) is 18.4. The first-order valence-corrected chi connectivity index (χ1v) is 7.41. The van der Waals surface area contributed by atoms with Crippen LogP contribution in [-0.4, -0.2) is 74.7 Å². The van der Waals surface area contributed by atoms with Crippen LogP contribution in [-0.2, 0) is 23.9 Å². The molecular formula is C14H25N3O5. The Bertz CT molecular complexity index is 405. The number of hydrogen-bond acceptors (Lipinski definition) is 8. The number of rotatable bonds is 7. The standard InChI is InChI=1S/C14H25N3O5/c1-5-21-13(19)11(12(18)20-4)15-22-14(16(2)3)17-9-7-6-8-10-17/h14H,5-10H2,1-4H3. The van der Waals surface area contributed by atoms with Crippen molar-refractivity contribution < 1.29 is 23.9 Å². The molecule has 0 N–H and O–H groups in total. The van der Waals surface area contributed by atoms with Crippen LogP contribution in [0.5, 0.6) is 0 Å². The number of hydrogen-bond donors (Lipinski definition) is 0. The number of esters is 2. The third-order valence-electron chi connectivity index (χ3n) is 3.23. The maximum atomic E-state index is 11.7. The Morgan fingerprint density at radius 3 is 2.32 bits per heavy atom. The third kappa shape index (κ3) is 5.27. The fourth-order valence-corrected chi connectivity index (χ4v) is 2.18. The number of likely N-dealkylation sites (tertiary alicyclic amines) is 1. The van der Waals surface area contributed by atoms with Gasteiger partial charge in [-0.3, -0.25) is 9.80 Å². The molecule has 1 fully saturated rings. The number of oxime groups is 1. The molecule has 0 spiro atoms. The van der Waals surface area contributed by atoms with E-state index in [1.54, 1.807) is 6.92 Å². The molecule has 1 rings (SSSR count). The largest absolute Gasteiger partial charge is 0.464 e. The SMILES string of the molecule is CCOC(=O)C(=NOC(N(C)C)N1CCCCC1)C(=O)OC. The second-order valence-corrected chi connectivity index (χ2v) is 5.14. The van der Waals surface area contributed by atoms with Crippen LogP contribution in [0.4, 0.5) is 0 Å². The van der Waals surface area contributed by atoms with Gasteiger partial charge in [0.15, 0.2) is 0 Å². The van der Waals surface area contributed by atoms with E-state index in [4.69, 9.17) is 9.57 Å². The Morgan fingerprint density at radius 2 is 1.82 bits per heavy atom. The number of carbonyl (C=O) groups excluding carboxylic acids is 2. The summed E-state index contributed by atoms with van der Waals surface area (Å²) in [6.07, 6.45) is 2.91. The van der Waals surface area contributed by atoms with Crippen molar-refractivity contribution in [2.75, 3.05) is 40.9 Å². The normalized spacial score (nSPS) is 18.0. The van der Waals surface area contributed by atoms with E-state index in [2.05, 4.69) is 14.8 Å². The molecule has 0 aromatic carbocycles. The van der Waals surface area contributed by atoms with Crippen LogP contribution in [0.15, 0.2) is 5.16 Å². The van der Waals surface area contributed by atoms with Crippen molar-refractivity contribution in [1.29, 1.82) is 0 Å². The van der Waals surface area contributed by atoms with Crippen LogP contribution in [0.3, 0.4) is 0 Å². The molecule has 0 amide bonds. The van der Waals surface area contributed by atoms with Crippen LogP contribution < -0.4 is 0 Å². The number of nitrogens with zero attached hydrogens (tertiary/aromatic N) is 3. The van der Waals surface area contributed by atoms with Gasteiger partial charge >= 0.3 is 11.9 Å². The fourth-order valence-electron chi connectivity index (χ4n) is 2.18. The maximum Gasteiger partial charge on any atom is 0.368 e. The number of carbonyl (C=O) groups is 2. The molecule has 126 valence electrons. The highest BCUT2D eigenvalue weighted by Gasteiger charge is 2.28. The third-order valence-corrected chi connectivity index (χ3v) is 3.23. The van der Waals surface area contributed by atoms with Gasteiger partial charge in [-0.05, 0) is 33.9 Å². The van der Waals surface area contributed by atoms with Crippen molar-refractivity contribution in [2.24, 2.45) is 5.16 Å². The van der Waals surface area contributed by atoms with Crippen LogP contribution in [0, 0.1) is 0 Å². The van der Waals surface area contributed by atoms with Crippen molar-refractivity contribution in [1.82, 2.24) is 9.80 Å². The predicted molar refractivity (Wildman–Crippen MR) is 80.1 cm³/mol. The van der Waals surface area contributed by atoms with E-state index in [0.29, 0.717) is 0 Å². The van der Waals surface area contributed by atoms with Gasteiger partial charge in [0.25, 0.3) is 5.71 Å². The molecule has 1 aliphatic heterocycles. The zero-order valence-corrected chi connectivity index (χ0v) is 13.7. The summed E-state index contributed by atoms with van der Waals surface area (Å²) in [5, 5.41) is 3.69. The molecule has 0 aliphatic carbocycles. The summed E-state index contributed by atoms with van der Waals surface area (Å²) in [5.41, 5.74) is -0.492. The quantitative estimate of drug-likeness (QED) is 0.221. The molecule has 1 unspecified atom stereocenters. The second kappa shape index (κ2) is 9.37. The zero-order valence-electron chi connectivity index (χ0n) is 13.7. The molecule has 1 aliphatic rings. The Labute approximate surface area is 131 Å². The van der Waals surface area contributed by atoms with E-state index in [0.717, 1.165) is 25.9 Å². The van der Waals surface area contributed by atoms with E-state index >= 15 is 0 Å². The molecule has 22 heavy (non-hydrogen) atoms. The molecule has 1 atom stereocenters. The Balaban J connectivity index is 2.83. The van der Waals surface area contributed by atoms with Gasteiger partial charge in [0.2, 0.25) is 6.35 Å². The lowest BCUT2D eigenvalue weighted by atomic mass is 10.1. The molecule has 8 heteroatoms. The van der Waals surface area contributed by atoms with Gasteiger partial charge in [0.05, 0.1) is 13.7 Å². The number of ether oxygens (including phenoxy) is 2. The maximum absolute atomic E-state index is 11.7. The van der Waals surface area contributed by atoms with Crippen LogP contribution in [0.1, 0.15) is 26.2 Å². The Morgan fingerprint density at radius 1 is 1.18 bits per heavy atom. The minimum Gasteiger partial charge on any atom is -0.464 e. The molecule has 8 nitrogen and oxygen atoms in total. The monoisotopic (exact) mass is 315 g/mol. The van der Waals surface area contributed by atoms with Crippen LogP contribution >= 0.6 is 0 Å². The number of piperidine rings is 1. The highest BCUT2D eigenvalue weighted by Crippen LogP contribution is 2.14. The summed E-state index contributed by atoms with van der Waals surface area (Å²) in [6, 6.07) is 0. The van der Waals surface area contributed by atoms with Crippen molar-refractivity contribution in [3.8, 4) is 0 Å². The topological polar surface area (TPSA) is 80.7 Å². The molecule has 0 aromatic rings. The Hall–Kier alpha value is -1.67. The first-order chi connectivity index (χ1) is 10.5. The van der Waals surface area contributed by atoms with E-state index in [1.165, 1.54) is 13.5 Å². The predicted octanol–water partition coefficient (Wildman–Crippen LogP) is 0.426. The summed E-state index contributed by atoms with van der Waals surface area (Å²) in [5.74, 6) is -1.74. The van der Waals surface area contributed by atoms with Crippen molar-refractivity contribution in [3.05, 3.63) is 0 Å². The number of methoxy groups -OCH3 is 1. The van der Waals surface area contributed by atoms with Gasteiger partial charge in [0.1, 0.15) is 0 Å². The Kier molecular flexibility index (Phi) is 7.83. The van der Waals surface area contributed by atoms with Gasteiger partial charge in [-0.15, -0.1) is 0 Å². The average molecular weight is 315 g/mol. The van der Waals surface area contributed by atoms with Crippen molar-refractivity contribution in [2.45, 2.75) is 32.5 Å². The fraction of sp³-hybridized carbons (Fsp3) is 0.786. The first-order valence-electron chi connectivity index (χ1n) is 7.41. The lowest BCUT2D eigenvalue weighted by molar-refractivity contribution is -0.148. The lowest BCUT2D eigenvalue weighted by Gasteiger charge is -2.35. The van der Waals surface area contributed by atoms with E-state index in [1.807, 2.05) is 19.0 Å². The van der Waals surface area contributed by atoms with Gasteiger partial charge in [-0.2, -0.15) is 0 Å². The second-order valence-electron chi connectivity index (χ2n) is 5.14. The summed E-state index contributed by atoms with van der Waals surface area (Å²) in [6.45, 7) is 3.54. The average Bonchev–Trinajstić information content (AvgIpc) is 2.51. The molecular weight excluding hydrogens is 290 g/mol. The minimum atomic E-state index is -0.880. The zero-order chi connectivity index (χ0) is 16.5. The van der Waals surface area contributed by atoms with E-state index < -0.39 is 24.0 Å².